The molecule has 0 bridgehead atoms. The van der Waals surface area contributed by atoms with Gasteiger partial charge in [-0.25, -0.2) is 4.39 Å². The van der Waals surface area contributed by atoms with E-state index in [2.05, 4.69) is 5.10 Å². The average Bonchev–Trinajstić information content (AvgIpc) is 3.55. The van der Waals surface area contributed by atoms with Gasteiger partial charge in [0.1, 0.15) is 23.0 Å². The zero-order valence-corrected chi connectivity index (χ0v) is 24.9. The molecule has 2 N–H and O–H groups in total. The zero-order chi connectivity index (χ0) is 30.7. The van der Waals surface area contributed by atoms with E-state index in [-0.39, 0.29) is 47.2 Å². The highest BCUT2D eigenvalue weighted by Gasteiger charge is 2.57. The third-order valence-corrected chi connectivity index (χ3v) is 8.98. The first kappa shape index (κ1) is 29.5. The molecule has 1 saturated carbocycles. The number of benzene rings is 2. The molecule has 1 aliphatic carbocycles. The van der Waals surface area contributed by atoms with E-state index in [0.717, 1.165) is 0 Å². The van der Waals surface area contributed by atoms with Gasteiger partial charge in [0, 0.05) is 40.9 Å². The number of aliphatic hydroxyl groups excluding tert-OH is 1. The number of nitrogens with zero attached hydrogens (tertiary/aromatic N) is 4. The van der Waals surface area contributed by atoms with Crippen LogP contribution in [0.25, 0.3) is 0 Å². The summed E-state index contributed by atoms with van der Waals surface area (Å²) in [6, 6.07) is 12.2. The Labute approximate surface area is 257 Å². The molecule has 1 unspecified atom stereocenters. The number of fused-ring (bicyclic) bond motifs is 1. The van der Waals surface area contributed by atoms with Crippen LogP contribution in [0.2, 0.25) is 10.0 Å². The van der Waals surface area contributed by atoms with E-state index in [9.17, 15) is 20.2 Å². The average molecular weight is 628 g/mol. The molecular formula is C31H29Cl2FN4O5. The van der Waals surface area contributed by atoms with Gasteiger partial charge < -0.3 is 20.2 Å². The number of aromatic nitrogens is 3. The van der Waals surface area contributed by atoms with Crippen LogP contribution in [0.15, 0.2) is 67.1 Å². The van der Waals surface area contributed by atoms with Gasteiger partial charge in [-0.1, -0.05) is 35.3 Å². The zero-order valence-electron chi connectivity index (χ0n) is 23.4. The van der Waals surface area contributed by atoms with Crippen molar-refractivity contribution in [2.75, 3.05) is 13.2 Å². The maximum Gasteiger partial charge on any atom is 0.257 e. The quantitative estimate of drug-likeness (QED) is 0.210. The second kappa shape index (κ2) is 10.6. The van der Waals surface area contributed by atoms with Gasteiger partial charge in [-0.2, -0.15) is 9.83 Å². The number of hydrogen-bond donors (Lipinski definition) is 2. The van der Waals surface area contributed by atoms with E-state index < -0.39 is 28.5 Å². The number of rotatable bonds is 9. The Balaban J connectivity index is 1.57. The molecule has 2 aromatic heterocycles. The fourth-order valence-corrected chi connectivity index (χ4v) is 5.89. The SMILES string of the molecule is Cn1cc(C(C)(O)c2cc(F)c3c(c2)C(=O)N(Cc2ccc(Cl)c[n+]2[O-])[C@@]3(OCC2(CO)CC2)c2ccc(Cl)cc2)cn1. The number of aliphatic hydroxyl groups is 2. The summed E-state index contributed by atoms with van der Waals surface area (Å²) in [6.45, 7) is 1.10. The molecule has 12 heteroatoms. The van der Waals surface area contributed by atoms with Gasteiger partial charge in [0.05, 0.1) is 30.5 Å². The van der Waals surface area contributed by atoms with Crippen LogP contribution in [0.4, 0.5) is 4.39 Å². The Bertz CT molecular complexity index is 1720. The van der Waals surface area contributed by atoms with Gasteiger partial charge in [-0.15, -0.1) is 0 Å². The van der Waals surface area contributed by atoms with Gasteiger partial charge in [0.15, 0.2) is 6.20 Å². The van der Waals surface area contributed by atoms with Crippen molar-refractivity contribution in [1.29, 1.82) is 0 Å². The van der Waals surface area contributed by atoms with Crippen molar-refractivity contribution < 1.29 is 28.9 Å². The van der Waals surface area contributed by atoms with Crippen LogP contribution in [0, 0.1) is 16.4 Å². The van der Waals surface area contributed by atoms with Gasteiger partial charge in [-0.3, -0.25) is 14.4 Å². The lowest BCUT2D eigenvalue weighted by atomic mass is 9.85. The van der Waals surface area contributed by atoms with E-state index in [1.165, 1.54) is 53.2 Å². The Morgan fingerprint density at radius 2 is 1.84 bits per heavy atom. The van der Waals surface area contributed by atoms with Gasteiger partial charge in [0.25, 0.3) is 5.91 Å². The highest BCUT2D eigenvalue weighted by atomic mass is 35.5. The lowest BCUT2D eigenvalue weighted by Crippen LogP contribution is -2.49. The fraction of sp³-hybridized carbons (Fsp3) is 0.323. The largest absolute Gasteiger partial charge is 0.618 e. The summed E-state index contributed by atoms with van der Waals surface area (Å²) >= 11 is 12.2. The first-order chi connectivity index (χ1) is 20.4. The predicted molar refractivity (Wildman–Crippen MR) is 156 cm³/mol. The van der Waals surface area contributed by atoms with Crippen LogP contribution in [-0.2, 0) is 29.7 Å². The third-order valence-electron chi connectivity index (χ3n) is 8.51. The van der Waals surface area contributed by atoms with Crippen molar-refractivity contribution in [3.8, 4) is 0 Å². The minimum Gasteiger partial charge on any atom is -0.618 e. The van der Waals surface area contributed by atoms with E-state index in [4.69, 9.17) is 27.9 Å². The summed E-state index contributed by atoms with van der Waals surface area (Å²) in [5, 5.41) is 39.2. The number of aryl methyl sites for hydroxylation is 1. The molecular weight excluding hydrogens is 598 g/mol. The van der Waals surface area contributed by atoms with E-state index in [1.54, 1.807) is 37.5 Å². The maximum absolute atomic E-state index is 16.6. The standard InChI is InChI=1S/C31H29Cl2FN4O5/c1-29(41,21-13-35-36(2)14-21)20-11-25-27(26(34)12-20)31(19-3-5-22(32)6-4-19,43-18-30(17-39)9-10-30)37(28(25)40)16-24-8-7-23(33)15-38(24)42/h3-8,11-15,39,41H,9-10,16-18H2,1-2H3/t29?,31-/m1/s1. The first-order valence-corrected chi connectivity index (χ1v) is 14.4. The van der Waals surface area contributed by atoms with Crippen molar-refractivity contribution in [2.24, 2.45) is 12.5 Å². The van der Waals surface area contributed by atoms with Gasteiger partial charge >= 0.3 is 0 Å². The molecule has 3 heterocycles. The minimum atomic E-state index is -1.84. The van der Waals surface area contributed by atoms with E-state index >= 15 is 4.39 Å². The fourth-order valence-electron chi connectivity index (χ4n) is 5.61. The predicted octanol–water partition coefficient (Wildman–Crippen LogP) is 4.40. The van der Waals surface area contributed by atoms with Crippen LogP contribution in [0.3, 0.4) is 0 Å². The molecule has 43 heavy (non-hydrogen) atoms. The van der Waals surface area contributed by atoms with Crippen LogP contribution in [-0.4, -0.2) is 44.0 Å². The number of carbonyl (C=O) groups excluding carboxylic acids is 1. The molecule has 1 aliphatic heterocycles. The number of halogens is 3. The summed E-state index contributed by atoms with van der Waals surface area (Å²) in [7, 11) is 1.69. The summed E-state index contributed by atoms with van der Waals surface area (Å²) < 4.78 is 25.3. The van der Waals surface area contributed by atoms with Crippen molar-refractivity contribution >= 4 is 29.1 Å². The Hall–Kier alpha value is -3.54. The first-order valence-electron chi connectivity index (χ1n) is 13.7. The smallest absolute Gasteiger partial charge is 0.257 e. The molecule has 4 aromatic rings. The number of ether oxygens (including phenoxy) is 1. The highest BCUT2D eigenvalue weighted by molar-refractivity contribution is 6.30. The lowest BCUT2D eigenvalue weighted by molar-refractivity contribution is -0.615. The second-order valence-electron chi connectivity index (χ2n) is 11.5. The number of carbonyl (C=O) groups is 1. The van der Waals surface area contributed by atoms with Crippen LogP contribution >= 0.6 is 23.2 Å². The summed E-state index contributed by atoms with van der Waals surface area (Å²) in [4.78, 5) is 15.7. The Kier molecular flexibility index (Phi) is 7.26. The van der Waals surface area contributed by atoms with E-state index in [1.807, 2.05) is 0 Å². The Morgan fingerprint density at radius 3 is 2.44 bits per heavy atom. The number of amides is 1. The molecule has 2 aromatic carbocycles. The normalized spacial score (nSPS) is 20.3. The van der Waals surface area contributed by atoms with Gasteiger partial charge in [-0.05, 0) is 55.7 Å². The van der Waals surface area contributed by atoms with Gasteiger partial charge in [0.2, 0.25) is 11.4 Å². The van der Waals surface area contributed by atoms with Crippen LogP contribution < -0.4 is 4.73 Å². The monoisotopic (exact) mass is 626 g/mol. The lowest BCUT2D eigenvalue weighted by Gasteiger charge is -2.40. The molecule has 0 radical (unpaired) electrons. The molecule has 9 nitrogen and oxygen atoms in total. The topological polar surface area (TPSA) is 115 Å². The molecule has 1 fully saturated rings. The van der Waals surface area contributed by atoms with E-state index in [0.29, 0.717) is 33.7 Å². The Morgan fingerprint density at radius 1 is 1.14 bits per heavy atom. The van der Waals surface area contributed by atoms with Crippen molar-refractivity contribution in [2.45, 2.75) is 37.6 Å². The molecule has 2 aliphatic rings. The maximum atomic E-state index is 16.6. The molecule has 6 rings (SSSR count). The van der Waals surface area contributed by atoms with Crippen LogP contribution in [0.5, 0.6) is 0 Å². The number of hydrogen-bond acceptors (Lipinski definition) is 6. The molecule has 0 spiro atoms. The summed E-state index contributed by atoms with van der Waals surface area (Å²) in [5.74, 6) is -1.40. The van der Waals surface area contributed by atoms with Crippen LogP contribution in [0.1, 0.15) is 58.1 Å². The molecule has 1 amide bonds. The molecule has 224 valence electrons. The van der Waals surface area contributed by atoms with Crippen molar-refractivity contribution in [1.82, 2.24) is 14.7 Å². The van der Waals surface area contributed by atoms with Crippen molar-refractivity contribution in [3.63, 3.8) is 0 Å². The highest BCUT2D eigenvalue weighted by Crippen LogP contribution is 2.52. The van der Waals surface area contributed by atoms with Crippen molar-refractivity contribution in [3.05, 3.63) is 122 Å². The molecule has 2 atom stereocenters. The second-order valence-corrected chi connectivity index (χ2v) is 12.4. The molecule has 0 saturated heterocycles. The minimum absolute atomic E-state index is 0.0158. The number of pyridine rings is 1. The summed E-state index contributed by atoms with van der Waals surface area (Å²) in [6.07, 6.45) is 5.65. The third kappa shape index (κ3) is 4.97. The summed E-state index contributed by atoms with van der Waals surface area (Å²) in [5.41, 5.74) is -3.05.